The van der Waals surface area contributed by atoms with Gasteiger partial charge in [-0.2, -0.15) is 18.0 Å². The zero-order valence-electron chi connectivity index (χ0n) is 19.8. The van der Waals surface area contributed by atoms with Crippen LogP contribution in [0.15, 0.2) is 36.6 Å². The first kappa shape index (κ1) is 25.0. The molecule has 2 aliphatic carbocycles. The van der Waals surface area contributed by atoms with Crippen LogP contribution in [-0.4, -0.2) is 66.2 Å². The van der Waals surface area contributed by atoms with Gasteiger partial charge in [0.15, 0.2) is 5.65 Å². The van der Waals surface area contributed by atoms with Gasteiger partial charge in [-0.15, -0.1) is 0 Å². The standard InChI is InChI=1S/C22H33N5O5SSi/c1-13-5-6-14(10-18(13)34(2,3)4)16-11-20-24-8-7-19(27(20)26-16)25-17-9-15(21(28)22(17)29)12-32-33(23,30)31/h5-8,10-11,13,15,17-18,21-22,25,28-29H,9,12H2,1-4H3,(H2,23,30,31). The molecule has 2 aromatic heterocycles. The highest BCUT2D eigenvalue weighted by atomic mass is 32.2. The molecule has 1 fully saturated rings. The first-order valence-corrected chi connectivity index (χ1v) is 16.4. The number of hydrogen-bond donors (Lipinski definition) is 4. The Hall–Kier alpha value is -2.09. The second-order valence-electron chi connectivity index (χ2n) is 10.4. The minimum absolute atomic E-state index is 0.291. The minimum Gasteiger partial charge on any atom is -0.390 e. The molecule has 34 heavy (non-hydrogen) atoms. The molecule has 0 bridgehead atoms. The summed E-state index contributed by atoms with van der Waals surface area (Å²) in [4.78, 5) is 4.43. The summed E-state index contributed by atoms with van der Waals surface area (Å²) in [5.74, 6) is 0.509. The van der Waals surface area contributed by atoms with Crippen molar-refractivity contribution in [2.24, 2.45) is 17.0 Å². The zero-order valence-corrected chi connectivity index (χ0v) is 21.6. The summed E-state index contributed by atoms with van der Waals surface area (Å²) in [5.41, 5.74) is 3.05. The fraction of sp³-hybridized carbons (Fsp3) is 0.545. The lowest BCUT2D eigenvalue weighted by molar-refractivity contribution is 0.00777. The molecule has 0 spiro atoms. The Labute approximate surface area is 200 Å². The number of anilines is 1. The molecule has 5 N–H and O–H groups in total. The van der Waals surface area contributed by atoms with Crippen molar-refractivity contribution < 1.29 is 22.8 Å². The van der Waals surface area contributed by atoms with Crippen LogP contribution >= 0.6 is 0 Å². The molecule has 6 unspecified atom stereocenters. The lowest BCUT2D eigenvalue weighted by Crippen LogP contribution is -2.36. The van der Waals surface area contributed by atoms with Gasteiger partial charge in [-0.3, -0.25) is 4.18 Å². The van der Waals surface area contributed by atoms with Gasteiger partial charge in [-0.05, 0) is 29.5 Å². The van der Waals surface area contributed by atoms with Crippen molar-refractivity contribution in [1.29, 1.82) is 0 Å². The number of fused-ring (bicyclic) bond motifs is 1. The zero-order chi connectivity index (χ0) is 24.8. The molecule has 0 radical (unpaired) electrons. The van der Waals surface area contributed by atoms with E-state index in [9.17, 15) is 18.6 Å². The van der Waals surface area contributed by atoms with Crippen molar-refractivity contribution in [3.63, 3.8) is 0 Å². The van der Waals surface area contributed by atoms with Gasteiger partial charge < -0.3 is 15.5 Å². The van der Waals surface area contributed by atoms with Gasteiger partial charge >= 0.3 is 10.3 Å². The number of allylic oxidation sites excluding steroid dienone is 4. The van der Waals surface area contributed by atoms with Gasteiger partial charge in [0.25, 0.3) is 0 Å². The SMILES string of the molecule is CC1C=CC(c2cc3nccc(NC4CC(COS(N)(=O)=O)C(O)C4O)n3n2)=CC1[Si](C)(C)C. The summed E-state index contributed by atoms with van der Waals surface area (Å²) in [6, 6.07) is 3.14. The fourth-order valence-electron chi connectivity index (χ4n) is 4.94. The molecule has 2 aromatic rings. The number of nitrogens with two attached hydrogens (primary N) is 1. The Bertz CT molecular complexity index is 1220. The number of aromatic nitrogens is 3. The van der Waals surface area contributed by atoms with Crippen molar-refractivity contribution in [2.75, 3.05) is 11.9 Å². The van der Waals surface area contributed by atoms with Crippen LogP contribution in [0.2, 0.25) is 25.2 Å². The van der Waals surface area contributed by atoms with Crippen LogP contribution in [0.1, 0.15) is 19.0 Å². The summed E-state index contributed by atoms with van der Waals surface area (Å²) < 4.78 is 28.5. The molecule has 0 aromatic carbocycles. The van der Waals surface area contributed by atoms with Crippen LogP contribution in [0.5, 0.6) is 0 Å². The molecule has 10 nitrogen and oxygen atoms in total. The van der Waals surface area contributed by atoms with E-state index in [2.05, 4.69) is 59.3 Å². The second kappa shape index (κ2) is 9.17. The van der Waals surface area contributed by atoms with Crippen molar-refractivity contribution in [3.8, 4) is 0 Å². The van der Waals surface area contributed by atoms with Gasteiger partial charge in [-0.25, -0.2) is 10.1 Å². The average molecular weight is 508 g/mol. The molecule has 6 atom stereocenters. The Kier molecular flexibility index (Phi) is 6.75. The maximum absolute atomic E-state index is 11.1. The van der Waals surface area contributed by atoms with E-state index in [1.54, 1.807) is 16.8 Å². The molecule has 0 saturated heterocycles. The van der Waals surface area contributed by atoms with E-state index >= 15 is 0 Å². The first-order chi connectivity index (χ1) is 15.8. The second-order valence-corrected chi connectivity index (χ2v) is 17.0. The van der Waals surface area contributed by atoms with Crippen LogP contribution < -0.4 is 10.5 Å². The summed E-state index contributed by atoms with van der Waals surface area (Å²) in [6.07, 6.45) is 6.37. The van der Waals surface area contributed by atoms with E-state index in [-0.39, 0.29) is 6.61 Å². The number of aliphatic hydroxyl groups excluding tert-OH is 2. The number of hydrogen-bond acceptors (Lipinski definition) is 8. The van der Waals surface area contributed by atoms with E-state index in [1.807, 2.05) is 6.07 Å². The predicted octanol–water partition coefficient (Wildman–Crippen LogP) is 1.77. The quantitative estimate of drug-likeness (QED) is 0.414. The lowest BCUT2D eigenvalue weighted by atomic mass is 9.96. The molecular weight excluding hydrogens is 474 g/mol. The Morgan fingerprint density at radius 2 is 2.03 bits per heavy atom. The Morgan fingerprint density at radius 1 is 1.29 bits per heavy atom. The minimum atomic E-state index is -4.13. The van der Waals surface area contributed by atoms with Gasteiger partial charge in [-0.1, -0.05) is 44.8 Å². The highest BCUT2D eigenvalue weighted by Gasteiger charge is 2.42. The maximum Gasteiger partial charge on any atom is 0.333 e. The number of rotatable bonds is 7. The monoisotopic (exact) mass is 507 g/mol. The van der Waals surface area contributed by atoms with E-state index in [1.165, 1.54) is 0 Å². The topological polar surface area (TPSA) is 152 Å². The van der Waals surface area contributed by atoms with E-state index in [0.29, 0.717) is 29.3 Å². The predicted molar refractivity (Wildman–Crippen MR) is 133 cm³/mol. The van der Waals surface area contributed by atoms with Gasteiger partial charge in [0, 0.05) is 18.2 Å². The van der Waals surface area contributed by atoms with Crippen LogP contribution in [-0.2, 0) is 14.5 Å². The van der Waals surface area contributed by atoms with Crippen molar-refractivity contribution >= 4 is 35.4 Å². The van der Waals surface area contributed by atoms with Gasteiger partial charge in [0.05, 0.1) is 32.5 Å². The van der Waals surface area contributed by atoms with Crippen LogP contribution in [0.4, 0.5) is 5.82 Å². The fourth-order valence-corrected chi connectivity index (χ4v) is 7.67. The molecule has 0 amide bonds. The van der Waals surface area contributed by atoms with Gasteiger partial charge in [0.2, 0.25) is 0 Å². The third-order valence-corrected chi connectivity index (χ3v) is 9.90. The molecule has 2 heterocycles. The van der Waals surface area contributed by atoms with Crippen LogP contribution in [0.3, 0.4) is 0 Å². The van der Waals surface area contributed by atoms with E-state index in [0.717, 1.165) is 11.3 Å². The summed E-state index contributed by atoms with van der Waals surface area (Å²) >= 11 is 0. The normalized spacial score (nSPS) is 30.0. The lowest BCUT2D eigenvalue weighted by Gasteiger charge is -2.32. The maximum atomic E-state index is 11.1. The smallest absolute Gasteiger partial charge is 0.333 e. The molecule has 0 aliphatic heterocycles. The largest absolute Gasteiger partial charge is 0.390 e. The highest BCUT2D eigenvalue weighted by Crippen LogP contribution is 2.39. The van der Waals surface area contributed by atoms with E-state index in [4.69, 9.17) is 10.2 Å². The summed E-state index contributed by atoms with van der Waals surface area (Å²) in [5, 5.41) is 33.8. The first-order valence-electron chi connectivity index (χ1n) is 11.4. The molecule has 186 valence electrons. The molecule has 12 heteroatoms. The molecule has 4 rings (SSSR count). The van der Waals surface area contributed by atoms with Crippen molar-refractivity contribution in [3.05, 3.63) is 42.3 Å². The molecule has 1 saturated carbocycles. The third-order valence-electron chi connectivity index (χ3n) is 6.74. The average Bonchev–Trinajstić information content (AvgIpc) is 3.29. The third kappa shape index (κ3) is 5.26. The van der Waals surface area contributed by atoms with Crippen LogP contribution in [0, 0.1) is 11.8 Å². The number of nitrogens with one attached hydrogen (secondary N) is 1. The van der Waals surface area contributed by atoms with Gasteiger partial charge in [0.1, 0.15) is 11.9 Å². The molecular formula is C22H33N5O5SSi. The van der Waals surface area contributed by atoms with Crippen molar-refractivity contribution in [1.82, 2.24) is 14.6 Å². The summed E-state index contributed by atoms with van der Waals surface area (Å²) in [6.45, 7) is 9.07. The molecule has 2 aliphatic rings. The van der Waals surface area contributed by atoms with Crippen molar-refractivity contribution in [2.45, 2.75) is 56.8 Å². The highest BCUT2D eigenvalue weighted by molar-refractivity contribution is 7.84. The number of nitrogens with zero attached hydrogens (tertiary/aromatic N) is 3. The summed E-state index contributed by atoms with van der Waals surface area (Å²) in [7, 11) is -5.53. The van der Waals surface area contributed by atoms with E-state index < -0.39 is 42.5 Å². The van der Waals surface area contributed by atoms with Crippen LogP contribution in [0.25, 0.3) is 11.2 Å². The number of aliphatic hydroxyl groups is 2. The Morgan fingerprint density at radius 3 is 2.71 bits per heavy atom. The Balaban J connectivity index is 1.57.